The molecule has 1 aromatic heterocycles. The molecule has 0 aliphatic heterocycles. The fourth-order valence-electron chi connectivity index (χ4n) is 3.17. The molecule has 1 heterocycles. The van der Waals surface area contributed by atoms with Crippen molar-refractivity contribution in [2.24, 2.45) is 0 Å². The van der Waals surface area contributed by atoms with Crippen LogP contribution in [0.3, 0.4) is 0 Å². The average molecular weight is 450 g/mol. The largest absolute Gasteiger partial charge is 0.444 e. The molecular weight excluding hydrogens is 428 g/mol. The molecule has 0 radical (unpaired) electrons. The van der Waals surface area contributed by atoms with Gasteiger partial charge in [-0.1, -0.05) is 35.3 Å². The number of pyridine rings is 1. The van der Waals surface area contributed by atoms with Crippen LogP contribution in [0.4, 0.5) is 20.6 Å². The van der Waals surface area contributed by atoms with Crippen molar-refractivity contribution in [3.05, 3.63) is 52.4 Å². The van der Waals surface area contributed by atoms with E-state index in [4.69, 9.17) is 27.9 Å². The third-order valence-corrected chi connectivity index (χ3v) is 5.08. The molecule has 8 heteroatoms. The quantitative estimate of drug-likeness (QED) is 0.479. The van der Waals surface area contributed by atoms with Crippen LogP contribution in [0.25, 0.3) is 22.0 Å². The maximum absolute atomic E-state index is 14.9. The minimum Gasteiger partial charge on any atom is -0.444 e. The lowest BCUT2D eigenvalue weighted by Gasteiger charge is -2.23. The molecular formula is C22H22Cl2FN3O2. The second kappa shape index (κ2) is 8.28. The van der Waals surface area contributed by atoms with Crippen molar-refractivity contribution in [3.63, 3.8) is 0 Å². The van der Waals surface area contributed by atoms with Crippen molar-refractivity contribution in [2.45, 2.75) is 26.4 Å². The summed E-state index contributed by atoms with van der Waals surface area (Å²) in [7, 11) is 3.65. The zero-order valence-electron chi connectivity index (χ0n) is 17.3. The van der Waals surface area contributed by atoms with Gasteiger partial charge in [0.2, 0.25) is 0 Å². The molecule has 30 heavy (non-hydrogen) atoms. The molecule has 158 valence electrons. The summed E-state index contributed by atoms with van der Waals surface area (Å²) in [5.41, 5.74) is 1.54. The molecule has 0 aliphatic carbocycles. The van der Waals surface area contributed by atoms with E-state index in [2.05, 4.69) is 10.3 Å². The molecule has 0 spiro atoms. The van der Waals surface area contributed by atoms with Crippen molar-refractivity contribution >= 4 is 51.6 Å². The van der Waals surface area contributed by atoms with Crippen LogP contribution in [0.2, 0.25) is 10.0 Å². The highest BCUT2D eigenvalue weighted by Crippen LogP contribution is 2.41. The smallest absolute Gasteiger partial charge is 0.412 e. The standard InChI is InChI=1S/C22H22Cl2FN3O2/c1-22(2,3)30-21(29)27-16-11-26-19-13(20(16)28(4)5)9-10-15(25)17(19)12-7-6-8-14(23)18(12)24/h6-11H,1-5H3,(H,27,29). The van der Waals surface area contributed by atoms with E-state index in [0.29, 0.717) is 32.9 Å². The third-order valence-electron chi connectivity index (χ3n) is 4.26. The number of hydrogen-bond donors (Lipinski definition) is 1. The zero-order valence-corrected chi connectivity index (χ0v) is 18.8. The molecule has 0 saturated carbocycles. The van der Waals surface area contributed by atoms with Crippen molar-refractivity contribution < 1.29 is 13.9 Å². The molecule has 5 nitrogen and oxygen atoms in total. The van der Waals surface area contributed by atoms with Gasteiger partial charge in [-0.05, 0) is 39.0 Å². The number of nitrogens with one attached hydrogen (secondary N) is 1. The van der Waals surface area contributed by atoms with E-state index in [1.807, 2.05) is 19.0 Å². The van der Waals surface area contributed by atoms with Crippen molar-refractivity contribution in [3.8, 4) is 11.1 Å². The summed E-state index contributed by atoms with van der Waals surface area (Å²) in [4.78, 5) is 18.6. The summed E-state index contributed by atoms with van der Waals surface area (Å²) in [5.74, 6) is -0.475. The highest BCUT2D eigenvalue weighted by atomic mass is 35.5. The van der Waals surface area contributed by atoms with E-state index in [0.717, 1.165) is 0 Å². The maximum atomic E-state index is 14.9. The minimum atomic E-state index is -0.647. The minimum absolute atomic E-state index is 0.243. The molecule has 2 aromatic carbocycles. The lowest BCUT2D eigenvalue weighted by Crippen LogP contribution is -2.28. The van der Waals surface area contributed by atoms with Gasteiger partial charge in [-0.15, -0.1) is 0 Å². The Morgan fingerprint density at radius 3 is 2.50 bits per heavy atom. The van der Waals surface area contributed by atoms with Crippen molar-refractivity contribution in [1.82, 2.24) is 4.98 Å². The van der Waals surface area contributed by atoms with E-state index in [1.165, 1.54) is 12.3 Å². The van der Waals surface area contributed by atoms with Gasteiger partial charge in [0.25, 0.3) is 0 Å². The molecule has 0 fully saturated rings. The van der Waals surface area contributed by atoms with Crippen molar-refractivity contribution in [1.29, 1.82) is 0 Å². The third kappa shape index (κ3) is 4.45. The fraction of sp³-hybridized carbons (Fsp3) is 0.273. The first kappa shape index (κ1) is 22.1. The van der Waals surface area contributed by atoms with Crippen LogP contribution >= 0.6 is 23.2 Å². The van der Waals surface area contributed by atoms with Crippen molar-refractivity contribution in [2.75, 3.05) is 24.3 Å². The number of benzene rings is 2. The summed E-state index contributed by atoms with van der Waals surface area (Å²) >= 11 is 12.5. The van der Waals surface area contributed by atoms with Crippen LogP contribution in [0.5, 0.6) is 0 Å². The van der Waals surface area contributed by atoms with Crippen LogP contribution in [0, 0.1) is 5.82 Å². The van der Waals surface area contributed by atoms with Crippen LogP contribution in [0.1, 0.15) is 20.8 Å². The van der Waals surface area contributed by atoms with E-state index >= 15 is 0 Å². The van der Waals surface area contributed by atoms with E-state index in [-0.39, 0.29) is 10.6 Å². The predicted octanol–water partition coefficient (Wildman–Crippen LogP) is 6.76. The summed E-state index contributed by atoms with van der Waals surface area (Å²) in [6.45, 7) is 5.34. The predicted molar refractivity (Wildman–Crippen MR) is 121 cm³/mol. The highest BCUT2D eigenvalue weighted by Gasteiger charge is 2.22. The Morgan fingerprint density at radius 1 is 1.17 bits per heavy atom. The molecule has 0 saturated heterocycles. The van der Waals surface area contributed by atoms with Crippen LogP contribution in [-0.4, -0.2) is 30.8 Å². The summed E-state index contributed by atoms with van der Waals surface area (Å²) in [5, 5.41) is 3.93. The number of fused-ring (bicyclic) bond motifs is 1. The molecule has 0 unspecified atom stereocenters. The number of hydrogen-bond acceptors (Lipinski definition) is 4. The summed E-state index contributed by atoms with van der Waals surface area (Å²) < 4.78 is 20.2. The number of ether oxygens (including phenoxy) is 1. The first-order valence-corrected chi connectivity index (χ1v) is 9.98. The Kier molecular flexibility index (Phi) is 6.11. The highest BCUT2D eigenvalue weighted by molar-refractivity contribution is 6.44. The number of halogens is 3. The average Bonchev–Trinajstić information content (AvgIpc) is 2.62. The fourth-order valence-corrected chi connectivity index (χ4v) is 3.56. The van der Waals surface area contributed by atoms with Crippen LogP contribution in [0.15, 0.2) is 36.5 Å². The SMILES string of the molecule is CN(C)c1c(NC(=O)OC(C)(C)C)cnc2c(-c3cccc(Cl)c3Cl)c(F)ccc12. The Bertz CT molecular complexity index is 1130. The van der Waals surface area contributed by atoms with Crippen LogP contribution < -0.4 is 10.2 Å². The number of amides is 1. The van der Waals surface area contributed by atoms with Crippen LogP contribution in [-0.2, 0) is 4.74 Å². The molecule has 1 amide bonds. The Morgan fingerprint density at radius 2 is 1.87 bits per heavy atom. The van der Waals surface area contributed by atoms with E-state index in [1.54, 1.807) is 45.0 Å². The van der Waals surface area contributed by atoms with Gasteiger partial charge < -0.3 is 9.64 Å². The molecule has 3 rings (SSSR count). The second-order valence-electron chi connectivity index (χ2n) is 7.96. The first-order valence-electron chi connectivity index (χ1n) is 9.22. The monoisotopic (exact) mass is 449 g/mol. The summed E-state index contributed by atoms with van der Waals surface area (Å²) in [6, 6.07) is 8.00. The topological polar surface area (TPSA) is 54.5 Å². The Balaban J connectivity index is 2.21. The number of nitrogens with zero attached hydrogens (tertiary/aromatic N) is 2. The molecule has 0 atom stereocenters. The first-order chi connectivity index (χ1) is 14.0. The second-order valence-corrected chi connectivity index (χ2v) is 8.75. The van der Waals surface area contributed by atoms with Gasteiger partial charge in [-0.3, -0.25) is 10.3 Å². The normalized spacial score (nSPS) is 11.5. The number of carbonyl (C=O) groups is 1. The summed E-state index contributed by atoms with van der Waals surface area (Å²) in [6.07, 6.45) is 0.871. The van der Waals surface area contributed by atoms with Gasteiger partial charge >= 0.3 is 6.09 Å². The van der Waals surface area contributed by atoms with Gasteiger partial charge in [-0.25, -0.2) is 9.18 Å². The molecule has 0 bridgehead atoms. The number of rotatable bonds is 3. The number of aromatic nitrogens is 1. The molecule has 1 N–H and O–H groups in total. The van der Waals surface area contributed by atoms with Gasteiger partial charge in [0.15, 0.2) is 0 Å². The number of carbonyl (C=O) groups excluding carboxylic acids is 1. The lowest BCUT2D eigenvalue weighted by molar-refractivity contribution is 0.0636. The Hall–Kier alpha value is -2.57. The van der Waals surface area contributed by atoms with E-state index < -0.39 is 17.5 Å². The van der Waals surface area contributed by atoms with Gasteiger partial charge in [0, 0.05) is 30.6 Å². The zero-order chi connectivity index (χ0) is 22.2. The Labute approximate surface area is 184 Å². The lowest BCUT2D eigenvalue weighted by atomic mass is 9.99. The van der Waals surface area contributed by atoms with Gasteiger partial charge in [0.05, 0.1) is 33.1 Å². The van der Waals surface area contributed by atoms with Gasteiger partial charge in [0.1, 0.15) is 11.4 Å². The van der Waals surface area contributed by atoms with Gasteiger partial charge in [-0.2, -0.15) is 0 Å². The molecule has 3 aromatic rings. The maximum Gasteiger partial charge on any atom is 0.412 e. The van der Waals surface area contributed by atoms with E-state index in [9.17, 15) is 9.18 Å². The molecule has 0 aliphatic rings. The number of anilines is 2.